The van der Waals surface area contributed by atoms with Crippen LogP contribution in [0.15, 0.2) is 52.1 Å². The van der Waals surface area contributed by atoms with Crippen molar-refractivity contribution in [2.24, 2.45) is 14.1 Å². The van der Waals surface area contributed by atoms with E-state index in [0.717, 1.165) is 15.3 Å². The van der Waals surface area contributed by atoms with Crippen molar-refractivity contribution in [2.75, 3.05) is 36.0 Å². The molecule has 2 amide bonds. The van der Waals surface area contributed by atoms with Gasteiger partial charge in [0, 0.05) is 45.7 Å². The summed E-state index contributed by atoms with van der Waals surface area (Å²) < 4.78 is 2.39. The molecule has 2 aliphatic rings. The van der Waals surface area contributed by atoms with Crippen LogP contribution in [0.5, 0.6) is 0 Å². The molecule has 2 aliphatic heterocycles. The molecule has 0 radical (unpaired) electrons. The van der Waals surface area contributed by atoms with Crippen molar-refractivity contribution in [2.45, 2.75) is 12.5 Å². The van der Waals surface area contributed by atoms with E-state index in [1.54, 1.807) is 7.05 Å². The van der Waals surface area contributed by atoms with Crippen molar-refractivity contribution < 1.29 is 9.59 Å². The number of nitrogens with zero attached hydrogens (tertiary/aromatic N) is 6. The molecule has 2 saturated heterocycles. The third kappa shape index (κ3) is 3.27. The van der Waals surface area contributed by atoms with Crippen LogP contribution in [0.1, 0.15) is 6.42 Å². The van der Waals surface area contributed by atoms with E-state index >= 15 is 0 Å². The lowest BCUT2D eigenvalue weighted by Gasteiger charge is -2.36. The number of carbonyl (C=O) groups excluding carboxylic acids is 2. The Labute approximate surface area is 205 Å². The molecule has 11 heteroatoms. The molecule has 2 aromatic carbocycles. The maximum Gasteiger partial charge on any atom is 0.332 e. The normalized spacial score (nSPS) is 19.2. The lowest BCUT2D eigenvalue weighted by Crippen LogP contribution is -2.52. The average molecular weight is 488 g/mol. The van der Waals surface area contributed by atoms with Crippen LogP contribution < -0.4 is 21.0 Å². The number of aromatic amines is 1. The third-order valence-electron chi connectivity index (χ3n) is 7.27. The van der Waals surface area contributed by atoms with Crippen molar-refractivity contribution in [3.63, 3.8) is 0 Å². The first-order valence-corrected chi connectivity index (χ1v) is 11.8. The Morgan fingerprint density at radius 3 is 2.39 bits per heavy atom. The third-order valence-corrected chi connectivity index (χ3v) is 7.27. The van der Waals surface area contributed by atoms with E-state index in [2.05, 4.69) is 9.97 Å². The van der Waals surface area contributed by atoms with Crippen LogP contribution in [-0.4, -0.2) is 68.0 Å². The Morgan fingerprint density at radius 1 is 0.889 bits per heavy atom. The molecular weight excluding hydrogens is 462 g/mol. The smallest absolute Gasteiger partial charge is 0.332 e. The molecule has 0 aliphatic carbocycles. The second kappa shape index (κ2) is 8.16. The van der Waals surface area contributed by atoms with Crippen LogP contribution in [-0.2, 0) is 23.7 Å². The van der Waals surface area contributed by atoms with Crippen molar-refractivity contribution in [1.29, 1.82) is 0 Å². The SMILES string of the molecule is Cn1c(=O)c2[nH]c(N3CCN(C4CC(=O)N(c5cccc6ccccc56)C4=O)CC3)nc2n(C)c1=O. The zero-order valence-electron chi connectivity index (χ0n) is 20.0. The summed E-state index contributed by atoms with van der Waals surface area (Å²) >= 11 is 0. The van der Waals surface area contributed by atoms with E-state index < -0.39 is 17.3 Å². The fourth-order valence-corrected chi connectivity index (χ4v) is 5.27. The molecule has 0 spiro atoms. The highest BCUT2D eigenvalue weighted by atomic mass is 16.2. The predicted octanol–water partition coefficient (Wildman–Crippen LogP) is 0.568. The maximum atomic E-state index is 13.4. The van der Waals surface area contributed by atoms with Gasteiger partial charge < -0.3 is 9.88 Å². The van der Waals surface area contributed by atoms with Gasteiger partial charge in [0.15, 0.2) is 11.2 Å². The van der Waals surface area contributed by atoms with Crippen LogP contribution in [0.2, 0.25) is 0 Å². The van der Waals surface area contributed by atoms with Crippen LogP contribution in [0.3, 0.4) is 0 Å². The van der Waals surface area contributed by atoms with Crippen molar-refractivity contribution in [1.82, 2.24) is 24.0 Å². The van der Waals surface area contributed by atoms with Crippen LogP contribution in [0.4, 0.5) is 11.6 Å². The van der Waals surface area contributed by atoms with Crippen molar-refractivity contribution in [3.8, 4) is 0 Å². The van der Waals surface area contributed by atoms with E-state index in [-0.39, 0.29) is 23.8 Å². The summed E-state index contributed by atoms with van der Waals surface area (Å²) in [5, 5.41) is 1.85. The largest absolute Gasteiger partial charge is 0.340 e. The van der Waals surface area contributed by atoms with Gasteiger partial charge in [-0.2, -0.15) is 4.98 Å². The van der Waals surface area contributed by atoms with Gasteiger partial charge in [0.05, 0.1) is 18.2 Å². The number of nitrogens with one attached hydrogen (secondary N) is 1. The van der Waals surface area contributed by atoms with Gasteiger partial charge in [0.25, 0.3) is 11.5 Å². The standard InChI is InChI=1S/C25H25N7O4/c1-28-21-20(23(35)29(2)25(28)36)26-24(27-21)31-12-10-30(11-13-31)18-14-19(33)32(22(18)34)17-9-5-7-15-6-3-4-8-16(15)17/h3-9,18H,10-14H2,1-2H3,(H,26,27). The Bertz CT molecular complexity index is 1650. The van der Waals surface area contributed by atoms with Crippen molar-refractivity contribution >= 4 is 45.4 Å². The van der Waals surface area contributed by atoms with E-state index in [1.165, 1.54) is 16.5 Å². The molecule has 11 nitrogen and oxygen atoms in total. The first kappa shape index (κ1) is 22.2. The number of anilines is 2. The quantitative estimate of drug-likeness (QED) is 0.420. The van der Waals surface area contributed by atoms with Crippen molar-refractivity contribution in [3.05, 3.63) is 63.3 Å². The summed E-state index contributed by atoms with van der Waals surface area (Å²) in [6, 6.07) is 12.9. The van der Waals surface area contributed by atoms with E-state index in [4.69, 9.17) is 0 Å². The fourth-order valence-electron chi connectivity index (χ4n) is 5.27. The number of piperazine rings is 1. The van der Waals surface area contributed by atoms with Crippen LogP contribution in [0.25, 0.3) is 21.9 Å². The molecule has 4 heterocycles. The topological polar surface area (TPSA) is 117 Å². The highest BCUT2D eigenvalue weighted by molar-refractivity contribution is 6.25. The molecule has 0 bridgehead atoms. The van der Waals surface area contributed by atoms with Gasteiger partial charge in [0.1, 0.15) is 0 Å². The molecule has 2 fully saturated rings. The summed E-state index contributed by atoms with van der Waals surface area (Å²) in [5.74, 6) is 0.110. The summed E-state index contributed by atoms with van der Waals surface area (Å²) in [6.45, 7) is 2.22. The highest BCUT2D eigenvalue weighted by Crippen LogP contribution is 2.32. The number of amides is 2. The predicted molar refractivity (Wildman–Crippen MR) is 135 cm³/mol. The second-order valence-corrected chi connectivity index (χ2v) is 9.27. The van der Waals surface area contributed by atoms with Crippen LogP contribution in [0, 0.1) is 0 Å². The van der Waals surface area contributed by atoms with Crippen LogP contribution >= 0.6 is 0 Å². The molecule has 0 saturated carbocycles. The first-order valence-electron chi connectivity index (χ1n) is 11.8. The summed E-state index contributed by atoms with van der Waals surface area (Å²) in [4.78, 5) is 64.1. The molecule has 6 rings (SSSR count). The average Bonchev–Trinajstić information content (AvgIpc) is 3.47. The number of hydrogen-bond donors (Lipinski definition) is 1. The van der Waals surface area contributed by atoms with Gasteiger partial charge in [-0.15, -0.1) is 0 Å². The molecule has 1 N–H and O–H groups in total. The van der Waals surface area contributed by atoms with Gasteiger partial charge >= 0.3 is 5.69 Å². The number of fused-ring (bicyclic) bond motifs is 2. The summed E-state index contributed by atoms with van der Waals surface area (Å²) in [7, 11) is 3.02. The summed E-state index contributed by atoms with van der Waals surface area (Å²) in [6.07, 6.45) is 0.144. The number of hydrogen-bond acceptors (Lipinski definition) is 7. The summed E-state index contributed by atoms with van der Waals surface area (Å²) in [5.41, 5.74) is 0.352. The number of imide groups is 1. The number of carbonyl (C=O) groups is 2. The minimum Gasteiger partial charge on any atom is -0.340 e. The Kier molecular flexibility index (Phi) is 5.04. The highest BCUT2D eigenvalue weighted by Gasteiger charge is 2.44. The van der Waals surface area contributed by atoms with Gasteiger partial charge in [-0.3, -0.25) is 28.4 Å². The number of H-pyrrole nitrogens is 1. The number of rotatable bonds is 3. The number of imidazole rings is 1. The number of aryl methyl sites for hydroxylation is 1. The fraction of sp³-hybridized carbons (Fsp3) is 0.320. The molecule has 184 valence electrons. The monoisotopic (exact) mass is 487 g/mol. The molecule has 36 heavy (non-hydrogen) atoms. The lowest BCUT2D eigenvalue weighted by atomic mass is 10.1. The zero-order chi connectivity index (χ0) is 25.1. The Hall–Kier alpha value is -4.25. The first-order chi connectivity index (χ1) is 17.3. The Balaban J connectivity index is 1.22. The lowest BCUT2D eigenvalue weighted by molar-refractivity contribution is -0.123. The van der Waals surface area contributed by atoms with E-state index in [0.29, 0.717) is 43.5 Å². The zero-order valence-corrected chi connectivity index (χ0v) is 20.0. The number of aromatic nitrogens is 4. The van der Waals surface area contributed by atoms with Gasteiger partial charge in [-0.25, -0.2) is 9.69 Å². The minimum atomic E-state index is -0.512. The van der Waals surface area contributed by atoms with Gasteiger partial charge in [0.2, 0.25) is 11.9 Å². The number of benzene rings is 2. The molecule has 1 atom stereocenters. The molecule has 1 unspecified atom stereocenters. The second-order valence-electron chi connectivity index (χ2n) is 9.27. The van der Waals surface area contributed by atoms with E-state index in [1.807, 2.05) is 52.3 Å². The minimum absolute atomic E-state index is 0.144. The maximum absolute atomic E-state index is 13.4. The molecule has 4 aromatic rings. The van der Waals surface area contributed by atoms with Gasteiger partial charge in [-0.05, 0) is 11.5 Å². The molecule has 2 aromatic heterocycles. The van der Waals surface area contributed by atoms with E-state index in [9.17, 15) is 19.2 Å². The Morgan fingerprint density at radius 2 is 1.61 bits per heavy atom. The van der Waals surface area contributed by atoms with Gasteiger partial charge in [-0.1, -0.05) is 36.4 Å². The molecular formula is C25H25N7O4.